The molecule has 15 rings (SSSR count). The van der Waals surface area contributed by atoms with Gasteiger partial charge in [0.15, 0.2) is 0 Å². The summed E-state index contributed by atoms with van der Waals surface area (Å²) < 4.78 is 5.04. The number of rotatable bonds is 27. The van der Waals surface area contributed by atoms with Crippen molar-refractivity contribution in [1.29, 1.82) is 0 Å². The third-order valence-corrected chi connectivity index (χ3v) is 19.8. The molecule has 12 aromatic rings. The molecule has 0 spiro atoms. The van der Waals surface area contributed by atoms with E-state index in [-0.39, 0.29) is 35.8 Å². The highest BCUT2D eigenvalue weighted by Crippen LogP contribution is 2.35. The van der Waals surface area contributed by atoms with Gasteiger partial charge in [0, 0.05) is 36.7 Å². The van der Waals surface area contributed by atoms with Gasteiger partial charge in [-0.15, -0.1) is 0 Å². The molecule has 3 unspecified atom stereocenters. The van der Waals surface area contributed by atoms with Crippen molar-refractivity contribution in [3.8, 4) is 17.1 Å². The number of benzene rings is 9. The van der Waals surface area contributed by atoms with Crippen molar-refractivity contribution in [2.75, 3.05) is 35.6 Å². The summed E-state index contributed by atoms with van der Waals surface area (Å²) in [5.74, 6) is 1.68. The zero-order chi connectivity index (χ0) is 75.2. The van der Waals surface area contributed by atoms with Crippen LogP contribution in [-0.2, 0) is 19.6 Å². The van der Waals surface area contributed by atoms with Gasteiger partial charge < -0.3 is 49.1 Å². The summed E-state index contributed by atoms with van der Waals surface area (Å²) in [6.07, 6.45) is 7.78. The highest BCUT2D eigenvalue weighted by molar-refractivity contribution is 6.05. The minimum Gasteiger partial charge on any atom is -0.326 e. The van der Waals surface area contributed by atoms with Crippen LogP contribution >= 0.6 is 0 Å². The Morgan fingerprint density at radius 1 is 0.333 bits per heavy atom. The molecule has 3 aliphatic carbocycles. The smallest absolute Gasteiger partial charge is 0.274 e. The van der Waals surface area contributed by atoms with E-state index in [2.05, 4.69) is 177 Å². The Bertz CT molecular complexity index is 4610. The van der Waals surface area contributed by atoms with E-state index in [4.69, 9.17) is 17.2 Å². The van der Waals surface area contributed by atoms with Gasteiger partial charge in [0.25, 0.3) is 17.7 Å². The molecular formula is C90H99N15O3. The maximum atomic E-state index is 13.4. The molecule has 3 heterocycles. The predicted molar refractivity (Wildman–Crippen MR) is 433 cm³/mol. The molecule has 0 bridgehead atoms. The Morgan fingerprint density at radius 3 is 0.833 bits per heavy atom. The molecule has 3 aliphatic rings. The Balaban J connectivity index is 0.000000143. The third kappa shape index (κ3) is 19.9. The first-order valence-electron chi connectivity index (χ1n) is 37.7. The Morgan fingerprint density at radius 2 is 0.583 bits per heavy atom. The van der Waals surface area contributed by atoms with Gasteiger partial charge in [-0.1, -0.05) is 162 Å². The number of hydrogen-bond donors (Lipinski definition) is 9. The van der Waals surface area contributed by atoms with Crippen molar-refractivity contribution in [1.82, 2.24) is 45.3 Å². The first kappa shape index (κ1) is 75.0. The second kappa shape index (κ2) is 35.0. The third-order valence-electron chi connectivity index (χ3n) is 19.8. The zero-order valence-electron chi connectivity index (χ0n) is 62.6. The monoisotopic (exact) mass is 1440 g/mol. The van der Waals surface area contributed by atoms with E-state index in [0.29, 0.717) is 36.7 Å². The van der Waals surface area contributed by atoms with E-state index < -0.39 is 0 Å². The van der Waals surface area contributed by atoms with E-state index in [0.717, 1.165) is 122 Å². The van der Waals surface area contributed by atoms with Crippen LogP contribution in [0.5, 0.6) is 0 Å². The summed E-state index contributed by atoms with van der Waals surface area (Å²) in [6, 6.07) is 79.2. The van der Waals surface area contributed by atoms with Crippen LogP contribution in [0.4, 0.5) is 17.1 Å². The van der Waals surface area contributed by atoms with Crippen LogP contribution in [-0.4, -0.2) is 66.7 Å². The largest absolute Gasteiger partial charge is 0.326 e. The predicted octanol–water partition coefficient (Wildman–Crippen LogP) is 15.9. The first-order valence-corrected chi connectivity index (χ1v) is 37.7. The zero-order valence-corrected chi connectivity index (χ0v) is 62.6. The van der Waals surface area contributed by atoms with Crippen molar-refractivity contribution in [3.05, 3.63) is 338 Å². The molecule has 18 heteroatoms. The van der Waals surface area contributed by atoms with Gasteiger partial charge >= 0.3 is 0 Å². The summed E-state index contributed by atoms with van der Waals surface area (Å²) in [6.45, 7) is 16.3. The number of nitrogens with one attached hydrogen (secondary N) is 6. The van der Waals surface area contributed by atoms with Crippen LogP contribution < -0.4 is 49.1 Å². The lowest BCUT2D eigenvalue weighted by Gasteiger charge is -2.21. The molecule has 0 radical (unpaired) electrons. The molecule has 108 heavy (non-hydrogen) atoms. The lowest BCUT2D eigenvalue weighted by molar-refractivity contribution is 0.101. The molecule has 9 aromatic carbocycles. The number of aryl methyl sites for hydroxylation is 6. The van der Waals surface area contributed by atoms with Gasteiger partial charge in [0.1, 0.15) is 17.1 Å². The SMILES string of the molecule is Cc1cccc(C(NCC2CC2)c2cccc(NC(=O)c3cc(C)nn3-c3cccc(CN)c3)c2)c1.Cc1cccc(C(NCC2CC2)c2cccc(NC(=O)c3cc(C)nn3-c3cccc(CN)c3)c2)c1.Cc1cccc(C(NCC2CC2)c2cccc(NC(=O)c3cc(C)nn3-c3cccc(CN)c3)c2)c1. The molecule has 12 N–H and O–H groups in total. The number of carbonyl (C=O) groups excluding carboxylic acids is 3. The van der Waals surface area contributed by atoms with Crippen molar-refractivity contribution in [3.63, 3.8) is 0 Å². The van der Waals surface area contributed by atoms with Crippen molar-refractivity contribution < 1.29 is 14.4 Å². The number of carbonyl (C=O) groups is 3. The number of nitrogens with zero attached hydrogens (tertiary/aromatic N) is 6. The number of aromatic nitrogens is 6. The van der Waals surface area contributed by atoms with Gasteiger partial charge in [-0.3, -0.25) is 14.4 Å². The van der Waals surface area contributed by atoms with Crippen molar-refractivity contribution >= 4 is 34.8 Å². The van der Waals surface area contributed by atoms with Crippen molar-refractivity contribution in [2.45, 2.75) is 118 Å². The topological polar surface area (TPSA) is 255 Å². The molecule has 3 fully saturated rings. The van der Waals surface area contributed by atoms with E-state index in [1.807, 2.05) is 130 Å². The molecule has 3 amide bonds. The van der Waals surface area contributed by atoms with Gasteiger partial charge in [0.05, 0.1) is 52.3 Å². The molecule has 3 saturated carbocycles. The van der Waals surface area contributed by atoms with Crippen LogP contribution in [0.15, 0.2) is 237 Å². The fraction of sp³-hybridized carbons (Fsp3) is 0.267. The molecular weight excluding hydrogens is 1340 g/mol. The van der Waals surface area contributed by atoms with Crippen LogP contribution in [0.1, 0.15) is 172 Å². The maximum absolute atomic E-state index is 13.4. The molecule has 3 atom stereocenters. The standard InChI is InChI=1S/3C30H33N5O/c3*1-20-6-3-8-24(14-20)29(32-19-22-12-13-22)25-9-5-10-26(17-25)33-30(36)28-15-21(2)34-35(28)27-11-4-7-23(16-27)18-31/h3*3-11,14-17,22,29,32H,12-13,18-19,31H2,1-2H3,(H,33,36). The number of hydrogen-bond acceptors (Lipinski definition) is 12. The summed E-state index contributed by atoms with van der Waals surface area (Å²) >= 11 is 0. The van der Waals surface area contributed by atoms with Crippen LogP contribution in [0, 0.1) is 59.3 Å². The lowest BCUT2D eigenvalue weighted by atomic mass is 9.96. The van der Waals surface area contributed by atoms with E-state index >= 15 is 0 Å². The molecule has 552 valence electrons. The fourth-order valence-corrected chi connectivity index (χ4v) is 13.6. The minimum absolute atomic E-state index is 0.0640. The maximum Gasteiger partial charge on any atom is 0.274 e. The number of anilines is 3. The van der Waals surface area contributed by atoms with Gasteiger partial charge in [-0.25, -0.2) is 14.0 Å². The lowest BCUT2D eigenvalue weighted by Crippen LogP contribution is -2.25. The molecule has 18 nitrogen and oxygen atoms in total. The second-order valence-electron chi connectivity index (χ2n) is 29.2. The average molecular weight is 1440 g/mol. The second-order valence-corrected chi connectivity index (χ2v) is 29.2. The van der Waals surface area contributed by atoms with Crippen LogP contribution in [0.2, 0.25) is 0 Å². The molecule has 0 aliphatic heterocycles. The van der Waals surface area contributed by atoms with E-state index in [1.54, 1.807) is 32.2 Å². The Labute approximate surface area is 634 Å². The quantitative estimate of drug-likeness (QED) is 0.0233. The number of amides is 3. The van der Waals surface area contributed by atoms with E-state index in [9.17, 15) is 14.4 Å². The van der Waals surface area contributed by atoms with Gasteiger partial charge in [-0.05, 0) is 259 Å². The Kier molecular flexibility index (Phi) is 24.3. The van der Waals surface area contributed by atoms with E-state index in [1.165, 1.54) is 71.9 Å². The minimum atomic E-state index is -0.205. The summed E-state index contributed by atoms with van der Waals surface area (Å²) in [4.78, 5) is 40.1. The van der Waals surface area contributed by atoms with Crippen molar-refractivity contribution in [2.24, 2.45) is 35.0 Å². The normalized spacial score (nSPS) is 14.0. The first-order chi connectivity index (χ1) is 52.5. The van der Waals surface area contributed by atoms with Gasteiger partial charge in [-0.2, -0.15) is 15.3 Å². The Hall–Kier alpha value is -11.2. The molecule has 0 saturated heterocycles. The summed E-state index contributed by atoms with van der Waals surface area (Å²) in [5.41, 5.74) is 39.6. The van der Waals surface area contributed by atoms with Crippen LogP contribution in [0.3, 0.4) is 0 Å². The highest BCUT2D eigenvalue weighted by Gasteiger charge is 2.28. The molecule has 3 aromatic heterocycles. The number of nitrogens with two attached hydrogens (primary N) is 3. The van der Waals surface area contributed by atoms with Crippen LogP contribution in [0.25, 0.3) is 17.1 Å². The van der Waals surface area contributed by atoms with Gasteiger partial charge in [0.2, 0.25) is 0 Å². The fourth-order valence-electron chi connectivity index (χ4n) is 13.6. The average Bonchev–Trinajstić information content (AvgIpc) is 1.07. The highest BCUT2D eigenvalue weighted by atomic mass is 16.2. The summed E-state index contributed by atoms with van der Waals surface area (Å²) in [7, 11) is 0. The summed E-state index contributed by atoms with van der Waals surface area (Å²) in [5, 5.41) is 34.3.